The Hall–Kier alpha value is -1.88. The van der Waals surface area contributed by atoms with Crippen LogP contribution < -0.4 is 5.32 Å². The van der Waals surface area contributed by atoms with E-state index in [1.54, 1.807) is 0 Å². The molecule has 0 heterocycles. The van der Waals surface area contributed by atoms with E-state index >= 15 is 0 Å². The van der Waals surface area contributed by atoms with Crippen LogP contribution in [-0.4, -0.2) is 31.2 Å². The predicted molar refractivity (Wildman–Crippen MR) is 117 cm³/mol. The van der Waals surface area contributed by atoms with Crippen LogP contribution in [0.5, 0.6) is 0 Å². The summed E-state index contributed by atoms with van der Waals surface area (Å²) >= 11 is 0. The lowest BCUT2D eigenvalue weighted by Crippen LogP contribution is -2.34. The Kier molecular flexibility index (Phi) is 14.8. The van der Waals surface area contributed by atoms with Crippen LogP contribution in [0.15, 0.2) is 30.3 Å². The number of unbranched alkanes of at least 4 members (excludes halogenated alkanes) is 6. The molecule has 0 atom stereocenters. The zero-order chi connectivity index (χ0) is 21.2. The van der Waals surface area contributed by atoms with E-state index in [1.165, 1.54) is 0 Å². The molecule has 0 saturated carbocycles. The standard InChI is InChI=1S/C24H39NO4/c1-3-5-7-12-16-28-23(26)18-22(25-20-21-14-10-9-11-15-21)19-24(27)29-17-13-8-6-4-2/h9-11,14-15,22,25H,3-8,12-13,16-20H2,1-2H3. The highest BCUT2D eigenvalue weighted by molar-refractivity contribution is 5.74. The maximum atomic E-state index is 12.2. The minimum absolute atomic E-state index is 0.172. The molecule has 1 aromatic rings. The third-order valence-electron chi connectivity index (χ3n) is 4.79. The van der Waals surface area contributed by atoms with Crippen molar-refractivity contribution in [2.24, 2.45) is 0 Å². The number of carbonyl (C=O) groups is 2. The van der Waals surface area contributed by atoms with Crippen molar-refractivity contribution in [3.05, 3.63) is 35.9 Å². The van der Waals surface area contributed by atoms with E-state index in [2.05, 4.69) is 19.2 Å². The lowest BCUT2D eigenvalue weighted by Gasteiger charge is -2.18. The summed E-state index contributed by atoms with van der Waals surface area (Å²) in [6, 6.07) is 9.65. The average Bonchev–Trinajstić information content (AvgIpc) is 2.72. The minimum atomic E-state index is -0.290. The molecular formula is C24H39NO4. The highest BCUT2D eigenvalue weighted by Crippen LogP contribution is 2.08. The maximum absolute atomic E-state index is 12.2. The fraction of sp³-hybridized carbons (Fsp3) is 0.667. The number of hydrogen-bond acceptors (Lipinski definition) is 5. The van der Waals surface area contributed by atoms with E-state index in [1.807, 2.05) is 30.3 Å². The smallest absolute Gasteiger partial charge is 0.307 e. The summed E-state index contributed by atoms with van der Waals surface area (Å²) in [6.45, 7) is 5.80. The highest BCUT2D eigenvalue weighted by atomic mass is 16.5. The molecule has 164 valence electrons. The molecule has 0 aliphatic rings. The Morgan fingerprint density at radius 2 is 1.31 bits per heavy atom. The molecule has 0 bridgehead atoms. The van der Waals surface area contributed by atoms with Crippen molar-refractivity contribution in [1.82, 2.24) is 5.32 Å². The van der Waals surface area contributed by atoms with Gasteiger partial charge < -0.3 is 14.8 Å². The van der Waals surface area contributed by atoms with Crippen LogP contribution in [0.3, 0.4) is 0 Å². The summed E-state index contributed by atoms with van der Waals surface area (Å²) < 4.78 is 10.7. The van der Waals surface area contributed by atoms with E-state index in [-0.39, 0.29) is 30.8 Å². The van der Waals surface area contributed by atoms with Gasteiger partial charge in [0, 0.05) is 12.6 Å². The summed E-state index contributed by atoms with van der Waals surface area (Å²) in [5, 5.41) is 3.32. The van der Waals surface area contributed by atoms with E-state index in [9.17, 15) is 9.59 Å². The molecule has 0 fully saturated rings. The van der Waals surface area contributed by atoms with Gasteiger partial charge in [0.25, 0.3) is 0 Å². The topological polar surface area (TPSA) is 64.6 Å². The second-order valence-corrected chi connectivity index (χ2v) is 7.53. The van der Waals surface area contributed by atoms with Gasteiger partial charge in [-0.1, -0.05) is 82.7 Å². The number of hydrogen-bond donors (Lipinski definition) is 1. The Balaban J connectivity index is 2.43. The Morgan fingerprint density at radius 3 is 1.79 bits per heavy atom. The molecule has 0 spiro atoms. The Morgan fingerprint density at radius 1 is 0.793 bits per heavy atom. The van der Waals surface area contributed by atoms with Crippen molar-refractivity contribution in [3.8, 4) is 0 Å². The van der Waals surface area contributed by atoms with Gasteiger partial charge in [0.2, 0.25) is 0 Å². The van der Waals surface area contributed by atoms with Crippen molar-refractivity contribution in [2.45, 2.75) is 90.6 Å². The molecule has 0 aromatic heterocycles. The summed E-state index contributed by atoms with van der Waals surface area (Å²) in [5.74, 6) is -0.523. The number of carbonyl (C=O) groups excluding carboxylic acids is 2. The van der Waals surface area contributed by atoms with Crippen LogP contribution in [0.25, 0.3) is 0 Å². The molecule has 5 nitrogen and oxygen atoms in total. The van der Waals surface area contributed by atoms with Crippen molar-refractivity contribution < 1.29 is 19.1 Å². The molecule has 0 saturated heterocycles. The number of benzene rings is 1. The molecule has 0 radical (unpaired) electrons. The van der Waals surface area contributed by atoms with Crippen LogP contribution >= 0.6 is 0 Å². The SMILES string of the molecule is CCCCCCOC(=O)CC(CC(=O)OCCCCCC)NCc1ccccc1. The number of esters is 2. The molecule has 1 aromatic carbocycles. The first-order valence-electron chi connectivity index (χ1n) is 11.2. The van der Waals surface area contributed by atoms with Gasteiger partial charge in [0.15, 0.2) is 0 Å². The van der Waals surface area contributed by atoms with E-state index in [0.29, 0.717) is 19.8 Å². The van der Waals surface area contributed by atoms with Gasteiger partial charge in [-0.3, -0.25) is 9.59 Å². The van der Waals surface area contributed by atoms with Crippen LogP contribution in [0.1, 0.15) is 83.6 Å². The van der Waals surface area contributed by atoms with E-state index in [4.69, 9.17) is 9.47 Å². The van der Waals surface area contributed by atoms with Gasteiger partial charge in [-0.15, -0.1) is 0 Å². The average molecular weight is 406 g/mol. The van der Waals surface area contributed by atoms with Gasteiger partial charge in [-0.25, -0.2) is 0 Å². The molecule has 29 heavy (non-hydrogen) atoms. The fourth-order valence-electron chi connectivity index (χ4n) is 3.02. The second-order valence-electron chi connectivity index (χ2n) is 7.53. The zero-order valence-electron chi connectivity index (χ0n) is 18.3. The summed E-state index contributed by atoms with van der Waals surface area (Å²) in [4.78, 5) is 24.4. The third-order valence-corrected chi connectivity index (χ3v) is 4.79. The van der Waals surface area contributed by atoms with Gasteiger partial charge >= 0.3 is 11.9 Å². The van der Waals surface area contributed by atoms with Crippen molar-refractivity contribution in [2.75, 3.05) is 13.2 Å². The highest BCUT2D eigenvalue weighted by Gasteiger charge is 2.19. The first-order chi connectivity index (χ1) is 14.2. The fourth-order valence-corrected chi connectivity index (χ4v) is 3.02. The second kappa shape index (κ2) is 17.0. The molecular weight excluding hydrogens is 366 g/mol. The number of rotatable bonds is 17. The summed E-state index contributed by atoms with van der Waals surface area (Å²) in [5.41, 5.74) is 1.11. The van der Waals surface area contributed by atoms with Crippen molar-refractivity contribution >= 4 is 11.9 Å². The van der Waals surface area contributed by atoms with Gasteiger partial charge in [-0.05, 0) is 18.4 Å². The molecule has 5 heteroatoms. The van der Waals surface area contributed by atoms with Gasteiger partial charge in [0.05, 0.1) is 26.1 Å². The van der Waals surface area contributed by atoms with Crippen LogP contribution in [-0.2, 0) is 25.6 Å². The Labute approximate surface area is 176 Å². The zero-order valence-corrected chi connectivity index (χ0v) is 18.3. The predicted octanol–water partition coefficient (Wildman–Crippen LogP) is 5.17. The largest absolute Gasteiger partial charge is 0.466 e. The molecule has 0 aliphatic carbocycles. The van der Waals surface area contributed by atoms with Crippen LogP contribution in [0.4, 0.5) is 0 Å². The first kappa shape index (κ1) is 25.2. The lowest BCUT2D eigenvalue weighted by molar-refractivity contribution is -0.146. The summed E-state index contributed by atoms with van der Waals surface area (Å²) in [6.07, 6.45) is 8.89. The lowest BCUT2D eigenvalue weighted by atomic mass is 10.1. The molecule has 1 N–H and O–H groups in total. The molecule has 0 aliphatic heterocycles. The number of nitrogens with one attached hydrogen (secondary N) is 1. The maximum Gasteiger partial charge on any atom is 0.307 e. The first-order valence-corrected chi connectivity index (χ1v) is 11.2. The molecule has 1 rings (SSSR count). The minimum Gasteiger partial charge on any atom is -0.466 e. The van der Waals surface area contributed by atoms with Crippen LogP contribution in [0.2, 0.25) is 0 Å². The van der Waals surface area contributed by atoms with Crippen molar-refractivity contribution in [1.29, 1.82) is 0 Å². The summed E-state index contributed by atoms with van der Waals surface area (Å²) in [7, 11) is 0. The van der Waals surface area contributed by atoms with E-state index < -0.39 is 0 Å². The Bertz CT molecular complexity index is 519. The third kappa shape index (κ3) is 13.9. The molecule has 0 unspecified atom stereocenters. The van der Waals surface area contributed by atoms with Crippen molar-refractivity contribution in [3.63, 3.8) is 0 Å². The quantitative estimate of drug-likeness (QED) is 0.286. The number of ether oxygens (including phenoxy) is 2. The molecule has 0 amide bonds. The van der Waals surface area contributed by atoms with E-state index in [0.717, 1.165) is 56.9 Å². The van der Waals surface area contributed by atoms with Gasteiger partial charge in [-0.2, -0.15) is 0 Å². The normalized spacial score (nSPS) is 10.9. The van der Waals surface area contributed by atoms with Crippen LogP contribution in [0, 0.1) is 0 Å². The van der Waals surface area contributed by atoms with Gasteiger partial charge in [0.1, 0.15) is 0 Å². The monoisotopic (exact) mass is 405 g/mol.